The molecule has 2 N–H and O–H groups in total. The van der Waals surface area contributed by atoms with Crippen LogP contribution in [0, 0.1) is 0 Å². The number of unbranched alkanes of at least 4 members (excludes halogenated alkanes) is 1. The Morgan fingerprint density at radius 3 is 2.83 bits per heavy atom. The molecule has 98 valence electrons. The molecule has 0 saturated heterocycles. The highest BCUT2D eigenvalue weighted by Crippen LogP contribution is 2.26. The van der Waals surface area contributed by atoms with Gasteiger partial charge in [-0.3, -0.25) is 0 Å². The zero-order chi connectivity index (χ0) is 13.0. The molecule has 3 heteroatoms. The highest BCUT2D eigenvalue weighted by atomic mass is 35.5. The lowest BCUT2D eigenvalue weighted by Crippen LogP contribution is -2.00. The maximum absolute atomic E-state index is 6.10. The molecule has 0 bridgehead atoms. The van der Waals surface area contributed by atoms with E-state index in [1.54, 1.807) is 0 Å². The van der Waals surface area contributed by atoms with Gasteiger partial charge in [0.05, 0.1) is 0 Å². The van der Waals surface area contributed by atoms with Gasteiger partial charge in [0.15, 0.2) is 0 Å². The third kappa shape index (κ3) is 2.88. The van der Waals surface area contributed by atoms with Crippen molar-refractivity contribution in [3.05, 3.63) is 35.0 Å². The van der Waals surface area contributed by atoms with E-state index in [2.05, 4.69) is 29.8 Å². The zero-order valence-electron chi connectivity index (χ0n) is 11.0. The van der Waals surface area contributed by atoms with Gasteiger partial charge in [-0.1, -0.05) is 31.0 Å². The van der Waals surface area contributed by atoms with Gasteiger partial charge < -0.3 is 10.3 Å². The Balaban J connectivity index is 2.39. The van der Waals surface area contributed by atoms with Crippen molar-refractivity contribution in [1.29, 1.82) is 0 Å². The second-order valence-electron chi connectivity index (χ2n) is 4.75. The van der Waals surface area contributed by atoms with Crippen LogP contribution in [0.3, 0.4) is 0 Å². The molecule has 0 saturated carbocycles. The molecule has 0 amide bonds. The summed E-state index contributed by atoms with van der Waals surface area (Å²) in [6.45, 7) is 4.03. The quantitative estimate of drug-likeness (QED) is 0.840. The summed E-state index contributed by atoms with van der Waals surface area (Å²) in [5.74, 6) is 0. The molecule has 1 aromatic heterocycles. The highest BCUT2D eigenvalue weighted by Gasteiger charge is 2.08. The summed E-state index contributed by atoms with van der Waals surface area (Å²) in [6.07, 6.45) is 6.76. The molecule has 0 radical (unpaired) electrons. The van der Waals surface area contributed by atoms with Gasteiger partial charge >= 0.3 is 0 Å². The third-order valence-electron chi connectivity index (χ3n) is 3.33. The lowest BCUT2D eigenvalue weighted by atomic mass is 10.1. The van der Waals surface area contributed by atoms with Crippen LogP contribution in [0.2, 0.25) is 5.02 Å². The summed E-state index contributed by atoms with van der Waals surface area (Å²) in [6, 6.07) is 6.17. The van der Waals surface area contributed by atoms with Crippen molar-refractivity contribution in [2.75, 3.05) is 6.54 Å². The fraction of sp³-hybridized carbons (Fsp3) is 0.467. The van der Waals surface area contributed by atoms with Crippen LogP contribution in [-0.2, 0) is 13.0 Å². The Kier molecular flexibility index (Phi) is 4.67. The largest absolute Gasteiger partial charge is 0.347 e. The van der Waals surface area contributed by atoms with Crippen molar-refractivity contribution in [3.63, 3.8) is 0 Å². The smallest absolute Gasteiger partial charge is 0.0498 e. The van der Waals surface area contributed by atoms with E-state index < -0.39 is 0 Å². The predicted molar refractivity (Wildman–Crippen MR) is 79.2 cm³/mol. The first-order chi connectivity index (χ1) is 8.76. The van der Waals surface area contributed by atoms with Crippen LogP contribution in [0.5, 0.6) is 0 Å². The van der Waals surface area contributed by atoms with Crippen molar-refractivity contribution >= 4 is 22.5 Å². The van der Waals surface area contributed by atoms with Crippen LogP contribution >= 0.6 is 11.6 Å². The molecule has 1 heterocycles. The number of fused-ring (bicyclic) bond motifs is 1. The maximum atomic E-state index is 6.10. The molecule has 0 fully saturated rings. The van der Waals surface area contributed by atoms with Gasteiger partial charge in [0.25, 0.3) is 0 Å². The number of nitrogens with zero attached hydrogens (tertiary/aromatic N) is 1. The van der Waals surface area contributed by atoms with E-state index in [-0.39, 0.29) is 0 Å². The molecule has 0 aliphatic heterocycles. The molecule has 0 spiro atoms. The predicted octanol–water partition coefficient (Wildman–Crippen LogP) is 3.99. The Morgan fingerprint density at radius 2 is 2.11 bits per heavy atom. The van der Waals surface area contributed by atoms with Crippen LogP contribution < -0.4 is 5.73 Å². The standard InChI is InChI=1S/C15H21ClN2/c1-2-3-9-18-11-12(5-4-8-17)14-7-6-13(16)10-15(14)18/h6-7,10-11H,2-5,8-9,17H2,1H3. The second kappa shape index (κ2) is 6.26. The van der Waals surface area contributed by atoms with E-state index in [0.717, 1.165) is 31.0 Å². The van der Waals surface area contributed by atoms with Gasteiger partial charge in [-0.15, -0.1) is 0 Å². The Labute approximate surface area is 114 Å². The molecule has 0 atom stereocenters. The van der Waals surface area contributed by atoms with Crippen molar-refractivity contribution in [2.24, 2.45) is 5.73 Å². The summed E-state index contributed by atoms with van der Waals surface area (Å²) >= 11 is 6.10. The van der Waals surface area contributed by atoms with Crippen LogP contribution in [0.15, 0.2) is 24.4 Å². The Hall–Kier alpha value is -0.990. The minimum absolute atomic E-state index is 0.745. The lowest BCUT2D eigenvalue weighted by molar-refractivity contribution is 0.647. The topological polar surface area (TPSA) is 30.9 Å². The van der Waals surface area contributed by atoms with E-state index in [9.17, 15) is 0 Å². The van der Waals surface area contributed by atoms with E-state index in [4.69, 9.17) is 17.3 Å². The fourth-order valence-electron chi connectivity index (χ4n) is 2.35. The van der Waals surface area contributed by atoms with E-state index in [1.165, 1.54) is 29.3 Å². The number of benzene rings is 1. The molecular weight excluding hydrogens is 244 g/mol. The summed E-state index contributed by atoms with van der Waals surface area (Å²) in [5, 5.41) is 2.13. The third-order valence-corrected chi connectivity index (χ3v) is 3.56. The Bertz CT molecular complexity index is 516. The molecule has 0 aliphatic carbocycles. The van der Waals surface area contributed by atoms with Crippen LogP contribution in [0.4, 0.5) is 0 Å². The van der Waals surface area contributed by atoms with E-state index >= 15 is 0 Å². The van der Waals surface area contributed by atoms with Gasteiger partial charge in [0.1, 0.15) is 0 Å². The molecular formula is C15H21ClN2. The first-order valence-corrected chi connectivity index (χ1v) is 7.11. The summed E-state index contributed by atoms with van der Waals surface area (Å²) < 4.78 is 2.33. The molecule has 0 aliphatic rings. The van der Waals surface area contributed by atoms with Gasteiger partial charge in [-0.2, -0.15) is 0 Å². The summed E-state index contributed by atoms with van der Waals surface area (Å²) in [4.78, 5) is 0. The number of nitrogens with two attached hydrogens (primary N) is 1. The maximum Gasteiger partial charge on any atom is 0.0498 e. The minimum Gasteiger partial charge on any atom is -0.347 e. The average molecular weight is 265 g/mol. The monoisotopic (exact) mass is 264 g/mol. The van der Waals surface area contributed by atoms with Gasteiger partial charge in [-0.25, -0.2) is 0 Å². The van der Waals surface area contributed by atoms with Gasteiger partial charge in [-0.05, 0) is 43.5 Å². The molecule has 2 nitrogen and oxygen atoms in total. The van der Waals surface area contributed by atoms with Crippen molar-refractivity contribution in [3.8, 4) is 0 Å². The van der Waals surface area contributed by atoms with Crippen LogP contribution in [0.25, 0.3) is 10.9 Å². The number of aromatic nitrogens is 1. The summed E-state index contributed by atoms with van der Waals surface area (Å²) in [7, 11) is 0. The zero-order valence-corrected chi connectivity index (χ0v) is 11.7. The average Bonchev–Trinajstić information content (AvgIpc) is 2.71. The van der Waals surface area contributed by atoms with Crippen molar-refractivity contribution in [2.45, 2.75) is 39.2 Å². The van der Waals surface area contributed by atoms with Crippen molar-refractivity contribution < 1.29 is 0 Å². The fourth-order valence-corrected chi connectivity index (χ4v) is 2.51. The van der Waals surface area contributed by atoms with Gasteiger partial charge in [0, 0.05) is 28.7 Å². The first kappa shape index (κ1) is 13.4. The van der Waals surface area contributed by atoms with E-state index in [1.807, 2.05) is 6.07 Å². The first-order valence-electron chi connectivity index (χ1n) is 6.73. The Morgan fingerprint density at radius 1 is 1.28 bits per heavy atom. The normalized spacial score (nSPS) is 11.3. The minimum atomic E-state index is 0.745. The van der Waals surface area contributed by atoms with Crippen LogP contribution in [0.1, 0.15) is 31.7 Å². The number of halogens is 1. The molecule has 18 heavy (non-hydrogen) atoms. The number of hydrogen-bond acceptors (Lipinski definition) is 1. The van der Waals surface area contributed by atoms with Crippen LogP contribution in [-0.4, -0.2) is 11.1 Å². The highest BCUT2D eigenvalue weighted by molar-refractivity contribution is 6.31. The molecule has 2 rings (SSSR count). The number of rotatable bonds is 6. The van der Waals surface area contributed by atoms with Crippen molar-refractivity contribution in [1.82, 2.24) is 4.57 Å². The lowest BCUT2D eigenvalue weighted by Gasteiger charge is -2.03. The second-order valence-corrected chi connectivity index (χ2v) is 5.19. The molecule has 1 aromatic carbocycles. The SMILES string of the molecule is CCCCn1cc(CCCN)c2ccc(Cl)cc21. The summed E-state index contributed by atoms with van der Waals surface area (Å²) in [5.41, 5.74) is 8.25. The number of aryl methyl sites for hydroxylation is 2. The van der Waals surface area contributed by atoms with Gasteiger partial charge in [0.2, 0.25) is 0 Å². The number of hydrogen-bond donors (Lipinski definition) is 1. The molecule has 0 unspecified atom stereocenters. The van der Waals surface area contributed by atoms with E-state index in [0.29, 0.717) is 0 Å². The molecule has 2 aromatic rings.